The monoisotopic (exact) mass is 223 g/mol. The van der Waals surface area contributed by atoms with Crippen molar-refractivity contribution in [3.8, 4) is 5.75 Å². The minimum Gasteiger partial charge on any atom is -0.494 e. The van der Waals surface area contributed by atoms with Crippen molar-refractivity contribution >= 4 is 27.5 Å². The quantitative estimate of drug-likeness (QED) is 0.848. The van der Waals surface area contributed by atoms with E-state index >= 15 is 0 Å². The first-order valence-electron chi connectivity index (χ1n) is 4.30. The molecule has 1 aromatic heterocycles. The predicted molar refractivity (Wildman–Crippen MR) is 57.9 cm³/mol. The van der Waals surface area contributed by atoms with Gasteiger partial charge in [0.15, 0.2) is 0 Å². The highest BCUT2D eigenvalue weighted by atomic mass is 32.1. The van der Waals surface area contributed by atoms with E-state index < -0.39 is 5.97 Å². The maximum atomic E-state index is 10.8. The van der Waals surface area contributed by atoms with Crippen LogP contribution in [0.25, 0.3) is 10.2 Å². The molecule has 2 aromatic rings. The number of carboxylic acid groups (broad SMARTS) is 1. The van der Waals surface area contributed by atoms with Crippen molar-refractivity contribution in [2.75, 3.05) is 7.11 Å². The second-order valence-electron chi connectivity index (χ2n) is 3.14. The van der Waals surface area contributed by atoms with Gasteiger partial charge >= 0.3 is 5.97 Å². The summed E-state index contributed by atoms with van der Waals surface area (Å²) in [5.74, 6) is -0.385. The summed E-state index contributed by atoms with van der Waals surface area (Å²) in [6.45, 7) is 1.93. The molecule has 1 aromatic carbocycles. The molecule has 0 saturated carbocycles. The van der Waals surface area contributed by atoms with Gasteiger partial charge < -0.3 is 9.84 Å². The molecule has 0 bridgehead atoms. The molecule has 0 aliphatic carbocycles. The maximum absolute atomic E-state index is 10.8. The Morgan fingerprint density at radius 2 is 2.27 bits per heavy atom. The number of ether oxygens (including phenoxy) is 1. The highest BCUT2D eigenvalue weighted by Gasteiger charge is 2.13. The van der Waals surface area contributed by atoms with Crippen molar-refractivity contribution in [2.24, 2.45) is 0 Å². The normalized spacial score (nSPS) is 10.5. The number of methoxy groups -OCH3 is 1. The van der Waals surface area contributed by atoms with E-state index in [0.717, 1.165) is 21.6 Å². The molecule has 1 N–H and O–H groups in total. The Balaban J connectivity index is 2.74. The minimum atomic E-state index is -1.00. The summed E-state index contributed by atoms with van der Waals surface area (Å²) in [5.41, 5.74) is 1.64. The molecule has 15 heavy (non-hydrogen) atoms. The number of aromatic carboxylic acids is 1. The molecule has 0 spiro atoms. The van der Waals surface area contributed by atoms with Crippen LogP contribution in [-0.4, -0.2) is 23.2 Å². The number of nitrogens with zero attached hydrogens (tertiary/aromatic N) is 1. The first kappa shape index (κ1) is 9.92. The number of rotatable bonds is 2. The van der Waals surface area contributed by atoms with Crippen LogP contribution in [0.5, 0.6) is 5.75 Å². The Morgan fingerprint density at radius 1 is 1.53 bits per heavy atom. The fourth-order valence-electron chi connectivity index (χ4n) is 1.38. The molecule has 0 amide bonds. The van der Waals surface area contributed by atoms with E-state index in [1.807, 2.05) is 19.1 Å². The number of hydrogen-bond acceptors (Lipinski definition) is 4. The second-order valence-corrected chi connectivity index (χ2v) is 4.17. The average Bonchev–Trinajstić information content (AvgIpc) is 2.59. The molecule has 5 heteroatoms. The van der Waals surface area contributed by atoms with Gasteiger partial charge in [0.2, 0.25) is 5.01 Å². The fraction of sp³-hybridized carbons (Fsp3) is 0.200. The van der Waals surface area contributed by atoms with Gasteiger partial charge in [0.1, 0.15) is 11.3 Å². The second kappa shape index (κ2) is 3.51. The molecule has 78 valence electrons. The van der Waals surface area contributed by atoms with Gasteiger partial charge in [-0.15, -0.1) is 11.3 Å². The Bertz CT molecular complexity index is 533. The van der Waals surface area contributed by atoms with E-state index in [1.165, 1.54) is 0 Å². The molecule has 0 aliphatic rings. The molecule has 0 fully saturated rings. The van der Waals surface area contributed by atoms with E-state index in [9.17, 15) is 4.79 Å². The van der Waals surface area contributed by atoms with Gasteiger partial charge in [0.25, 0.3) is 0 Å². The van der Waals surface area contributed by atoms with Gasteiger partial charge in [0.05, 0.1) is 11.8 Å². The number of benzene rings is 1. The lowest BCUT2D eigenvalue weighted by Gasteiger charge is -2.01. The maximum Gasteiger partial charge on any atom is 0.365 e. The zero-order chi connectivity index (χ0) is 11.0. The van der Waals surface area contributed by atoms with Crippen LogP contribution in [0.4, 0.5) is 0 Å². The number of fused-ring (bicyclic) bond motifs is 1. The highest BCUT2D eigenvalue weighted by molar-refractivity contribution is 7.20. The molecule has 4 nitrogen and oxygen atoms in total. The van der Waals surface area contributed by atoms with Crippen LogP contribution in [0.2, 0.25) is 0 Å². The Morgan fingerprint density at radius 3 is 2.87 bits per heavy atom. The largest absolute Gasteiger partial charge is 0.494 e. The number of hydrogen-bond donors (Lipinski definition) is 1. The number of carbonyl (C=O) groups is 1. The summed E-state index contributed by atoms with van der Waals surface area (Å²) in [4.78, 5) is 14.8. The fourth-order valence-corrected chi connectivity index (χ4v) is 2.30. The van der Waals surface area contributed by atoms with Gasteiger partial charge in [-0.3, -0.25) is 0 Å². The van der Waals surface area contributed by atoms with Crippen LogP contribution in [0.1, 0.15) is 15.4 Å². The SMILES string of the molecule is COc1cc(C)cc2sc(C(=O)O)nc12. The smallest absolute Gasteiger partial charge is 0.365 e. The number of aryl methyl sites for hydroxylation is 1. The van der Waals surface area contributed by atoms with Crippen molar-refractivity contribution in [1.82, 2.24) is 4.98 Å². The van der Waals surface area contributed by atoms with Crippen molar-refractivity contribution in [1.29, 1.82) is 0 Å². The zero-order valence-corrected chi connectivity index (χ0v) is 9.09. The number of thiazole rings is 1. The van der Waals surface area contributed by atoms with Crippen LogP contribution < -0.4 is 4.74 Å². The van der Waals surface area contributed by atoms with Gasteiger partial charge in [-0.2, -0.15) is 0 Å². The van der Waals surface area contributed by atoms with Crippen molar-refractivity contribution in [2.45, 2.75) is 6.92 Å². The van der Waals surface area contributed by atoms with E-state index in [0.29, 0.717) is 11.3 Å². The first-order valence-corrected chi connectivity index (χ1v) is 5.12. The summed E-state index contributed by atoms with van der Waals surface area (Å²) in [5, 5.41) is 8.92. The number of aromatic nitrogens is 1. The van der Waals surface area contributed by atoms with Crippen LogP contribution >= 0.6 is 11.3 Å². The first-order chi connectivity index (χ1) is 7.11. The summed E-state index contributed by atoms with van der Waals surface area (Å²) in [6, 6.07) is 3.75. The van der Waals surface area contributed by atoms with Crippen LogP contribution in [-0.2, 0) is 0 Å². The van der Waals surface area contributed by atoms with Gasteiger partial charge in [-0.1, -0.05) is 0 Å². The summed E-state index contributed by atoms with van der Waals surface area (Å²) in [6.07, 6.45) is 0. The van der Waals surface area contributed by atoms with E-state index in [4.69, 9.17) is 9.84 Å². The van der Waals surface area contributed by atoms with E-state index in [2.05, 4.69) is 4.98 Å². The van der Waals surface area contributed by atoms with Gasteiger partial charge in [-0.05, 0) is 24.6 Å². The van der Waals surface area contributed by atoms with E-state index in [1.54, 1.807) is 7.11 Å². The number of carboxylic acids is 1. The predicted octanol–water partition coefficient (Wildman–Crippen LogP) is 2.31. The lowest BCUT2D eigenvalue weighted by Crippen LogP contribution is -1.93. The summed E-state index contributed by atoms with van der Waals surface area (Å²) >= 11 is 1.16. The Labute approximate surface area is 90.1 Å². The lowest BCUT2D eigenvalue weighted by molar-refractivity contribution is 0.0696. The van der Waals surface area contributed by atoms with Crippen LogP contribution in [0.15, 0.2) is 12.1 Å². The average molecular weight is 223 g/mol. The highest BCUT2D eigenvalue weighted by Crippen LogP contribution is 2.31. The third kappa shape index (κ3) is 1.66. The molecule has 0 aliphatic heterocycles. The molecule has 0 radical (unpaired) electrons. The minimum absolute atomic E-state index is 0.0916. The Kier molecular flexibility index (Phi) is 2.32. The van der Waals surface area contributed by atoms with Crippen molar-refractivity contribution in [3.63, 3.8) is 0 Å². The third-order valence-corrected chi connectivity index (χ3v) is 3.00. The summed E-state index contributed by atoms with van der Waals surface area (Å²) < 4.78 is 5.99. The molecular weight excluding hydrogens is 214 g/mol. The topological polar surface area (TPSA) is 59.4 Å². The molecule has 0 atom stereocenters. The summed E-state index contributed by atoms with van der Waals surface area (Å²) in [7, 11) is 1.55. The van der Waals surface area contributed by atoms with E-state index in [-0.39, 0.29) is 5.01 Å². The van der Waals surface area contributed by atoms with Crippen molar-refractivity contribution < 1.29 is 14.6 Å². The molecular formula is C10H9NO3S. The van der Waals surface area contributed by atoms with Gasteiger partial charge in [-0.25, -0.2) is 9.78 Å². The van der Waals surface area contributed by atoms with Crippen LogP contribution in [0, 0.1) is 6.92 Å². The van der Waals surface area contributed by atoms with Crippen LogP contribution in [0.3, 0.4) is 0 Å². The molecule has 0 unspecified atom stereocenters. The Hall–Kier alpha value is -1.62. The van der Waals surface area contributed by atoms with Crippen molar-refractivity contribution in [3.05, 3.63) is 22.7 Å². The lowest BCUT2D eigenvalue weighted by atomic mass is 10.2. The molecule has 2 rings (SSSR count). The zero-order valence-electron chi connectivity index (χ0n) is 8.27. The standard InChI is InChI=1S/C10H9NO3S/c1-5-3-6(14-2)8-7(4-5)15-9(11-8)10(12)13/h3-4H,1-2H3,(H,12,13). The van der Waals surface area contributed by atoms with Gasteiger partial charge in [0, 0.05) is 0 Å². The molecule has 0 saturated heterocycles. The third-order valence-electron chi connectivity index (χ3n) is 2.01. The molecule has 1 heterocycles.